The van der Waals surface area contributed by atoms with Crippen molar-refractivity contribution in [1.82, 2.24) is 0 Å². The van der Waals surface area contributed by atoms with Crippen molar-refractivity contribution >= 4 is 17.5 Å². The number of rotatable bonds is 4. The monoisotopic (exact) mass is 374 g/mol. The summed E-state index contributed by atoms with van der Waals surface area (Å²) >= 11 is 0. The van der Waals surface area contributed by atoms with Crippen molar-refractivity contribution < 1.29 is 18.7 Å². The molecule has 2 aliphatic carbocycles. The maximum Gasteiger partial charge on any atom is 0.347 e. The average molecular weight is 374 g/mol. The number of ether oxygens (including phenoxy) is 1. The van der Waals surface area contributed by atoms with Crippen LogP contribution >= 0.6 is 0 Å². The second kappa shape index (κ2) is 6.33. The van der Waals surface area contributed by atoms with Crippen LogP contribution in [0.1, 0.15) is 43.9 Å². The molecule has 1 aromatic carbocycles. The van der Waals surface area contributed by atoms with Gasteiger partial charge in [0.1, 0.15) is 11.5 Å². The van der Waals surface area contributed by atoms with Crippen molar-refractivity contribution in [3.63, 3.8) is 0 Å². The van der Waals surface area contributed by atoms with Crippen molar-refractivity contribution in [3.05, 3.63) is 64.4 Å². The second-order valence-corrected chi connectivity index (χ2v) is 8.00. The van der Waals surface area contributed by atoms with E-state index in [-0.39, 0.29) is 0 Å². The van der Waals surface area contributed by atoms with Gasteiger partial charge in [-0.25, -0.2) is 9.59 Å². The minimum atomic E-state index is -0.529. The molecular weight excluding hydrogens is 352 g/mol. The van der Waals surface area contributed by atoms with E-state index >= 15 is 0 Å². The Morgan fingerprint density at radius 3 is 2.14 bits per heavy atom. The molecule has 0 radical (unpaired) electrons. The van der Waals surface area contributed by atoms with Crippen LogP contribution < -0.4 is 0 Å². The second-order valence-electron chi connectivity index (χ2n) is 8.00. The number of furan rings is 1. The molecule has 2 saturated carbocycles. The summed E-state index contributed by atoms with van der Waals surface area (Å²) in [6.45, 7) is 3.78. The third-order valence-electron chi connectivity index (χ3n) is 5.92. The summed E-state index contributed by atoms with van der Waals surface area (Å²) in [5, 5.41) is 0. The highest BCUT2D eigenvalue weighted by Crippen LogP contribution is 2.52. The molecule has 28 heavy (non-hydrogen) atoms. The third-order valence-corrected chi connectivity index (χ3v) is 5.92. The molecule has 142 valence electrons. The summed E-state index contributed by atoms with van der Waals surface area (Å²) < 4.78 is 11.0. The van der Waals surface area contributed by atoms with Crippen molar-refractivity contribution in [2.24, 2.45) is 11.8 Å². The molecule has 4 nitrogen and oxygen atoms in total. The first-order chi connectivity index (χ1) is 13.5. The first kappa shape index (κ1) is 17.2. The molecule has 0 atom stereocenters. The van der Waals surface area contributed by atoms with Crippen LogP contribution in [0.2, 0.25) is 0 Å². The van der Waals surface area contributed by atoms with Crippen LogP contribution in [0.4, 0.5) is 0 Å². The topological polar surface area (TPSA) is 56.5 Å². The fourth-order valence-corrected chi connectivity index (χ4v) is 4.26. The molecule has 1 aromatic heterocycles. The number of cyclic esters (lactones) is 2. The SMILES string of the molecule is C/C(=C1/C(=O)OC(=O)C1=C(C1CC1)C1CC1)c1cc(-c2ccccc2)oc1C. The minimum Gasteiger partial charge on any atom is -0.461 e. The smallest absolute Gasteiger partial charge is 0.347 e. The highest BCUT2D eigenvalue weighted by Gasteiger charge is 2.46. The minimum absolute atomic E-state index is 0.433. The van der Waals surface area contributed by atoms with Gasteiger partial charge in [0.05, 0.1) is 11.1 Å². The molecule has 3 aliphatic rings. The van der Waals surface area contributed by atoms with Gasteiger partial charge in [0, 0.05) is 11.1 Å². The van der Waals surface area contributed by atoms with Crippen molar-refractivity contribution in [1.29, 1.82) is 0 Å². The zero-order valence-corrected chi connectivity index (χ0v) is 16.1. The number of benzene rings is 1. The van der Waals surface area contributed by atoms with E-state index < -0.39 is 11.9 Å². The van der Waals surface area contributed by atoms with Gasteiger partial charge in [-0.05, 0) is 68.6 Å². The Balaban J connectivity index is 1.65. The molecule has 0 amide bonds. The average Bonchev–Trinajstić information content (AvgIpc) is 3.60. The Labute approximate surface area is 163 Å². The fraction of sp³-hybridized carbons (Fsp3) is 0.333. The Hall–Kier alpha value is -2.88. The Kier molecular flexibility index (Phi) is 3.90. The molecular formula is C24H22O4. The standard InChI is InChI=1S/C24H22O4/c1-13(18-12-19(27-14(18)2)15-6-4-3-5-7-15)20-22(24(26)28-23(20)25)21(16-8-9-16)17-10-11-17/h3-7,12,16-17H,8-11H2,1-2H3/b20-13-. The molecule has 0 spiro atoms. The van der Waals surface area contributed by atoms with Crippen molar-refractivity contribution in [2.45, 2.75) is 39.5 Å². The normalized spacial score (nSPS) is 21.1. The lowest BCUT2D eigenvalue weighted by atomic mass is 9.90. The summed E-state index contributed by atoms with van der Waals surface area (Å²) in [4.78, 5) is 25.2. The third kappa shape index (κ3) is 2.84. The summed E-state index contributed by atoms with van der Waals surface area (Å²) in [5.74, 6) is 1.36. The van der Waals surface area contributed by atoms with Gasteiger partial charge in [0.2, 0.25) is 0 Å². The predicted molar refractivity (Wildman–Crippen MR) is 105 cm³/mol. The van der Waals surface area contributed by atoms with E-state index in [1.807, 2.05) is 50.2 Å². The van der Waals surface area contributed by atoms with E-state index in [1.54, 1.807) is 0 Å². The number of hydrogen-bond acceptors (Lipinski definition) is 4. The number of esters is 2. The van der Waals surface area contributed by atoms with Gasteiger partial charge in [0.15, 0.2) is 0 Å². The van der Waals surface area contributed by atoms with Gasteiger partial charge in [-0.15, -0.1) is 0 Å². The molecule has 0 N–H and O–H groups in total. The Morgan fingerprint density at radius 1 is 0.929 bits per heavy atom. The van der Waals surface area contributed by atoms with E-state index in [4.69, 9.17) is 9.15 Å². The first-order valence-electron chi connectivity index (χ1n) is 9.92. The highest BCUT2D eigenvalue weighted by molar-refractivity contribution is 6.22. The number of allylic oxidation sites excluding steroid dienone is 2. The van der Waals surface area contributed by atoms with Crippen LogP contribution in [0.25, 0.3) is 16.9 Å². The highest BCUT2D eigenvalue weighted by atomic mass is 16.6. The predicted octanol–water partition coefficient (Wildman–Crippen LogP) is 5.23. The lowest BCUT2D eigenvalue weighted by Gasteiger charge is -2.09. The van der Waals surface area contributed by atoms with Gasteiger partial charge >= 0.3 is 11.9 Å². The molecule has 4 heteroatoms. The van der Waals surface area contributed by atoms with Gasteiger partial charge in [0.25, 0.3) is 0 Å². The van der Waals surface area contributed by atoms with Crippen LogP contribution in [0.15, 0.2) is 57.5 Å². The molecule has 1 saturated heterocycles. The number of hydrogen-bond donors (Lipinski definition) is 0. The summed E-state index contributed by atoms with van der Waals surface area (Å²) in [6, 6.07) is 11.8. The van der Waals surface area contributed by atoms with Gasteiger partial charge in [-0.3, -0.25) is 0 Å². The number of carbonyl (C=O) groups is 2. The van der Waals surface area contributed by atoms with E-state index in [0.717, 1.165) is 59.5 Å². The van der Waals surface area contributed by atoms with Gasteiger partial charge in [-0.1, -0.05) is 30.3 Å². The molecule has 2 aromatic rings. The largest absolute Gasteiger partial charge is 0.461 e. The molecule has 0 bridgehead atoms. The van der Waals surface area contributed by atoms with Gasteiger partial charge in [-0.2, -0.15) is 0 Å². The first-order valence-corrected chi connectivity index (χ1v) is 9.92. The van der Waals surface area contributed by atoms with Gasteiger partial charge < -0.3 is 9.15 Å². The van der Waals surface area contributed by atoms with Crippen LogP contribution in [0.3, 0.4) is 0 Å². The summed E-state index contributed by atoms with van der Waals surface area (Å²) in [7, 11) is 0. The number of carbonyl (C=O) groups excluding carboxylic acids is 2. The molecule has 1 aliphatic heterocycles. The summed E-state index contributed by atoms with van der Waals surface area (Å²) in [5.41, 5.74) is 4.72. The number of aryl methyl sites for hydroxylation is 1. The Morgan fingerprint density at radius 2 is 1.54 bits per heavy atom. The van der Waals surface area contributed by atoms with E-state index in [9.17, 15) is 9.59 Å². The van der Waals surface area contributed by atoms with Crippen LogP contribution in [0.5, 0.6) is 0 Å². The Bertz CT molecular complexity index is 1030. The zero-order chi connectivity index (χ0) is 19.4. The quantitative estimate of drug-likeness (QED) is 0.418. The molecule has 3 fully saturated rings. The molecule has 0 unspecified atom stereocenters. The van der Waals surface area contributed by atoms with Crippen molar-refractivity contribution in [2.75, 3.05) is 0 Å². The van der Waals surface area contributed by atoms with Crippen LogP contribution in [-0.4, -0.2) is 11.9 Å². The summed E-state index contributed by atoms with van der Waals surface area (Å²) in [6.07, 6.45) is 4.41. The maximum atomic E-state index is 12.6. The van der Waals surface area contributed by atoms with E-state index in [0.29, 0.717) is 23.0 Å². The van der Waals surface area contributed by atoms with E-state index in [1.165, 1.54) is 0 Å². The lowest BCUT2D eigenvalue weighted by molar-refractivity contribution is -0.149. The fourth-order valence-electron chi connectivity index (χ4n) is 4.26. The maximum absolute atomic E-state index is 12.6. The molecule has 2 heterocycles. The van der Waals surface area contributed by atoms with Crippen LogP contribution in [0, 0.1) is 18.8 Å². The molecule has 5 rings (SSSR count). The zero-order valence-electron chi connectivity index (χ0n) is 16.1. The van der Waals surface area contributed by atoms with E-state index in [2.05, 4.69) is 0 Å². The van der Waals surface area contributed by atoms with Crippen LogP contribution in [-0.2, 0) is 14.3 Å². The van der Waals surface area contributed by atoms with Crippen molar-refractivity contribution in [3.8, 4) is 11.3 Å². The lowest BCUT2D eigenvalue weighted by Crippen LogP contribution is -2.05.